The van der Waals surface area contributed by atoms with Crippen LogP contribution in [0.15, 0.2) is 16.7 Å². The van der Waals surface area contributed by atoms with Crippen molar-refractivity contribution in [2.45, 2.75) is 38.3 Å². The molecular weight excluding hydrogens is 268 g/mol. The van der Waals surface area contributed by atoms with E-state index < -0.39 is 0 Å². The second-order valence-corrected chi connectivity index (χ2v) is 6.02. The normalized spacial score (nSPS) is 24.3. The Bertz CT molecular complexity index is 482. The molecule has 0 spiro atoms. The number of nitrogens with one attached hydrogen (secondary N) is 1. The van der Waals surface area contributed by atoms with Crippen LogP contribution in [0.3, 0.4) is 0 Å². The van der Waals surface area contributed by atoms with Gasteiger partial charge in [0.25, 0.3) is 0 Å². The van der Waals surface area contributed by atoms with Crippen LogP contribution in [-0.2, 0) is 6.54 Å². The summed E-state index contributed by atoms with van der Waals surface area (Å²) in [6.45, 7) is 5.39. The third-order valence-electron chi connectivity index (χ3n) is 4.63. The largest absolute Gasteiger partial charge is 0.459 e. The Morgan fingerprint density at radius 1 is 1.33 bits per heavy atom. The lowest BCUT2D eigenvalue weighted by molar-refractivity contribution is 0.0923. The van der Waals surface area contributed by atoms with Gasteiger partial charge in [-0.05, 0) is 38.4 Å². The SMILES string of the molecule is NNC(=O)c1occc1CN1CCC(N2CCCCC2)C1. The molecule has 1 unspecified atom stereocenters. The van der Waals surface area contributed by atoms with Crippen molar-refractivity contribution in [2.75, 3.05) is 26.2 Å². The molecule has 1 aromatic rings. The smallest absolute Gasteiger partial charge is 0.301 e. The molecule has 2 saturated heterocycles. The van der Waals surface area contributed by atoms with E-state index in [9.17, 15) is 4.79 Å². The summed E-state index contributed by atoms with van der Waals surface area (Å²) in [5.41, 5.74) is 3.05. The molecule has 0 aliphatic carbocycles. The Morgan fingerprint density at radius 2 is 2.14 bits per heavy atom. The molecular formula is C15H24N4O2. The van der Waals surface area contributed by atoms with Crippen LogP contribution in [-0.4, -0.2) is 47.9 Å². The predicted octanol–water partition coefficient (Wildman–Crippen LogP) is 0.943. The van der Waals surface area contributed by atoms with Gasteiger partial charge in [-0.3, -0.25) is 20.0 Å². The molecule has 1 aromatic heterocycles. The zero-order valence-electron chi connectivity index (χ0n) is 12.4. The highest BCUT2D eigenvalue weighted by atomic mass is 16.3. The van der Waals surface area contributed by atoms with E-state index in [1.807, 2.05) is 6.07 Å². The number of furan rings is 1. The number of nitrogens with zero attached hydrogens (tertiary/aromatic N) is 2. The highest BCUT2D eigenvalue weighted by molar-refractivity contribution is 5.92. The van der Waals surface area contributed by atoms with E-state index in [0.717, 1.165) is 25.2 Å². The zero-order chi connectivity index (χ0) is 14.7. The van der Waals surface area contributed by atoms with Crippen molar-refractivity contribution < 1.29 is 9.21 Å². The molecule has 2 aliphatic rings. The van der Waals surface area contributed by atoms with E-state index in [0.29, 0.717) is 11.8 Å². The minimum Gasteiger partial charge on any atom is -0.459 e. The average Bonchev–Trinajstić information content (AvgIpc) is 3.17. The van der Waals surface area contributed by atoms with Crippen molar-refractivity contribution in [1.82, 2.24) is 15.2 Å². The van der Waals surface area contributed by atoms with Gasteiger partial charge in [-0.25, -0.2) is 5.84 Å². The van der Waals surface area contributed by atoms with Crippen LogP contribution in [0.2, 0.25) is 0 Å². The van der Waals surface area contributed by atoms with Gasteiger partial charge in [0, 0.05) is 31.2 Å². The summed E-state index contributed by atoms with van der Waals surface area (Å²) in [6, 6.07) is 2.53. The first-order valence-electron chi connectivity index (χ1n) is 7.81. The molecule has 2 fully saturated rings. The van der Waals surface area contributed by atoms with E-state index in [1.165, 1.54) is 38.8 Å². The maximum absolute atomic E-state index is 11.6. The molecule has 6 heteroatoms. The van der Waals surface area contributed by atoms with E-state index >= 15 is 0 Å². The summed E-state index contributed by atoms with van der Waals surface area (Å²) in [7, 11) is 0. The van der Waals surface area contributed by atoms with E-state index in [1.54, 1.807) is 6.26 Å². The van der Waals surface area contributed by atoms with Gasteiger partial charge in [0.2, 0.25) is 0 Å². The van der Waals surface area contributed by atoms with Gasteiger partial charge >= 0.3 is 5.91 Å². The minimum absolute atomic E-state index is 0.332. The van der Waals surface area contributed by atoms with Crippen molar-refractivity contribution in [2.24, 2.45) is 5.84 Å². The predicted molar refractivity (Wildman–Crippen MR) is 79.5 cm³/mol. The molecule has 0 saturated carbocycles. The van der Waals surface area contributed by atoms with Gasteiger partial charge in [-0.15, -0.1) is 0 Å². The minimum atomic E-state index is -0.359. The fourth-order valence-corrected chi connectivity index (χ4v) is 3.50. The lowest BCUT2D eigenvalue weighted by Crippen LogP contribution is -2.40. The Kier molecular flexibility index (Phi) is 4.57. The van der Waals surface area contributed by atoms with E-state index in [2.05, 4.69) is 15.2 Å². The lowest BCUT2D eigenvalue weighted by Gasteiger charge is -2.32. The topological polar surface area (TPSA) is 74.7 Å². The molecule has 2 aliphatic heterocycles. The molecule has 3 rings (SSSR count). The Morgan fingerprint density at radius 3 is 2.90 bits per heavy atom. The average molecular weight is 292 g/mol. The molecule has 1 atom stereocenters. The number of piperidine rings is 1. The van der Waals surface area contributed by atoms with Crippen LogP contribution in [0, 0.1) is 0 Å². The second kappa shape index (κ2) is 6.60. The van der Waals surface area contributed by atoms with Crippen LogP contribution in [0.1, 0.15) is 41.8 Å². The van der Waals surface area contributed by atoms with Crippen LogP contribution in [0.4, 0.5) is 0 Å². The fourth-order valence-electron chi connectivity index (χ4n) is 3.50. The first-order valence-corrected chi connectivity index (χ1v) is 7.81. The number of nitrogens with two attached hydrogens (primary N) is 1. The number of rotatable bonds is 4. The highest BCUT2D eigenvalue weighted by Crippen LogP contribution is 2.22. The van der Waals surface area contributed by atoms with Gasteiger partial charge in [0.1, 0.15) is 0 Å². The maximum atomic E-state index is 11.6. The number of carbonyl (C=O) groups excluding carboxylic acids is 1. The van der Waals surface area contributed by atoms with E-state index in [-0.39, 0.29) is 5.91 Å². The lowest BCUT2D eigenvalue weighted by atomic mass is 10.1. The standard InChI is InChI=1S/C15H24N4O2/c16-17-15(20)14-12(5-9-21-14)10-18-8-4-13(11-18)19-6-2-1-3-7-19/h5,9,13H,1-4,6-8,10-11,16H2,(H,17,20). The summed E-state index contributed by atoms with van der Waals surface area (Å²) < 4.78 is 5.24. The highest BCUT2D eigenvalue weighted by Gasteiger charge is 2.29. The van der Waals surface area contributed by atoms with Crippen LogP contribution in [0.25, 0.3) is 0 Å². The van der Waals surface area contributed by atoms with E-state index in [4.69, 9.17) is 10.3 Å². The number of hydrazine groups is 1. The molecule has 0 radical (unpaired) electrons. The quantitative estimate of drug-likeness (QED) is 0.491. The number of carbonyl (C=O) groups is 1. The van der Waals surface area contributed by atoms with Crippen LogP contribution in [0.5, 0.6) is 0 Å². The summed E-state index contributed by atoms with van der Waals surface area (Å²) in [6.07, 6.45) is 6.81. The van der Waals surface area contributed by atoms with Gasteiger partial charge in [0.05, 0.1) is 6.26 Å². The van der Waals surface area contributed by atoms with Gasteiger partial charge in [-0.1, -0.05) is 6.42 Å². The molecule has 116 valence electrons. The van der Waals surface area contributed by atoms with Crippen LogP contribution >= 0.6 is 0 Å². The molecule has 3 heterocycles. The Labute approximate surface area is 125 Å². The summed E-state index contributed by atoms with van der Waals surface area (Å²) in [5.74, 6) is 5.15. The maximum Gasteiger partial charge on any atom is 0.301 e. The Hall–Kier alpha value is -1.37. The number of likely N-dealkylation sites (tertiary alicyclic amines) is 2. The fraction of sp³-hybridized carbons (Fsp3) is 0.667. The third-order valence-corrected chi connectivity index (χ3v) is 4.63. The number of nitrogen functional groups attached to an aromatic ring is 1. The van der Waals surface area contributed by atoms with Crippen molar-refractivity contribution in [3.8, 4) is 0 Å². The number of hydrogen-bond donors (Lipinski definition) is 2. The number of hydrogen-bond acceptors (Lipinski definition) is 5. The molecule has 3 N–H and O–H groups in total. The summed E-state index contributed by atoms with van der Waals surface area (Å²) >= 11 is 0. The summed E-state index contributed by atoms with van der Waals surface area (Å²) in [5, 5.41) is 0. The van der Waals surface area contributed by atoms with Gasteiger partial charge in [-0.2, -0.15) is 0 Å². The van der Waals surface area contributed by atoms with Gasteiger partial charge < -0.3 is 4.42 Å². The number of amides is 1. The van der Waals surface area contributed by atoms with Crippen molar-refractivity contribution in [3.05, 3.63) is 23.7 Å². The van der Waals surface area contributed by atoms with Crippen molar-refractivity contribution >= 4 is 5.91 Å². The first kappa shape index (κ1) is 14.6. The molecule has 21 heavy (non-hydrogen) atoms. The molecule has 0 bridgehead atoms. The molecule has 1 amide bonds. The van der Waals surface area contributed by atoms with Gasteiger partial charge in [0.15, 0.2) is 5.76 Å². The first-order chi connectivity index (χ1) is 10.3. The molecule has 6 nitrogen and oxygen atoms in total. The zero-order valence-corrected chi connectivity index (χ0v) is 12.4. The monoisotopic (exact) mass is 292 g/mol. The Balaban J connectivity index is 1.57. The van der Waals surface area contributed by atoms with Crippen molar-refractivity contribution in [1.29, 1.82) is 0 Å². The summed E-state index contributed by atoms with van der Waals surface area (Å²) in [4.78, 5) is 16.7. The molecule has 0 aromatic carbocycles. The third kappa shape index (κ3) is 3.28. The second-order valence-electron chi connectivity index (χ2n) is 6.02. The van der Waals surface area contributed by atoms with Crippen LogP contribution < -0.4 is 11.3 Å². The van der Waals surface area contributed by atoms with Crippen molar-refractivity contribution in [3.63, 3.8) is 0 Å².